The van der Waals surface area contributed by atoms with Crippen LogP contribution in [-0.2, 0) is 0 Å². The lowest BCUT2D eigenvalue weighted by Gasteiger charge is -2.18. The summed E-state index contributed by atoms with van der Waals surface area (Å²) < 4.78 is 1.19. The van der Waals surface area contributed by atoms with Crippen LogP contribution < -0.4 is 5.32 Å². The van der Waals surface area contributed by atoms with E-state index in [1.807, 2.05) is 25.1 Å². The number of nitro benzene ring substituents is 1. The molecule has 0 spiro atoms. The van der Waals surface area contributed by atoms with Crippen LogP contribution >= 0.6 is 22.6 Å². The molecule has 1 unspecified atom stereocenters. The van der Waals surface area contributed by atoms with Crippen molar-refractivity contribution in [3.05, 3.63) is 66.8 Å². The summed E-state index contributed by atoms with van der Waals surface area (Å²) in [5, 5.41) is 14.4. The summed E-state index contributed by atoms with van der Waals surface area (Å²) >= 11 is 2.28. The van der Waals surface area contributed by atoms with Crippen molar-refractivity contribution in [2.75, 3.05) is 5.32 Å². The zero-order valence-electron chi connectivity index (χ0n) is 12.2. The molecule has 0 aromatic heterocycles. The van der Waals surface area contributed by atoms with Gasteiger partial charge < -0.3 is 5.32 Å². The first-order valence-electron chi connectivity index (χ1n) is 6.66. The van der Waals surface area contributed by atoms with Gasteiger partial charge in [0.1, 0.15) is 0 Å². The average molecular weight is 396 g/mol. The minimum absolute atomic E-state index is 0.00283. The van der Waals surface area contributed by atoms with E-state index in [2.05, 4.69) is 40.9 Å². The first-order valence-corrected chi connectivity index (χ1v) is 7.74. The molecule has 0 saturated heterocycles. The monoisotopic (exact) mass is 396 g/mol. The predicted molar refractivity (Wildman–Crippen MR) is 93.8 cm³/mol. The SMILES string of the molecule is Cc1cc(I)ccc1NC(C)c1ccc(C)c([N+](=O)[O-])c1. The minimum atomic E-state index is -0.332. The lowest BCUT2D eigenvalue weighted by atomic mass is 10.0. The van der Waals surface area contributed by atoms with E-state index >= 15 is 0 Å². The Bertz CT molecular complexity index is 686. The summed E-state index contributed by atoms with van der Waals surface area (Å²) in [6.07, 6.45) is 0. The summed E-state index contributed by atoms with van der Waals surface area (Å²) in [5.74, 6) is 0. The van der Waals surface area contributed by atoms with E-state index in [-0.39, 0.29) is 16.7 Å². The maximum atomic E-state index is 11.0. The highest BCUT2D eigenvalue weighted by molar-refractivity contribution is 14.1. The molecule has 2 aromatic rings. The zero-order chi connectivity index (χ0) is 15.6. The molecule has 21 heavy (non-hydrogen) atoms. The van der Waals surface area contributed by atoms with Gasteiger partial charge in [0.2, 0.25) is 0 Å². The van der Waals surface area contributed by atoms with Gasteiger partial charge >= 0.3 is 0 Å². The lowest BCUT2D eigenvalue weighted by molar-refractivity contribution is -0.385. The van der Waals surface area contributed by atoms with Gasteiger partial charge in [-0.1, -0.05) is 12.1 Å². The van der Waals surface area contributed by atoms with Crippen molar-refractivity contribution in [3.63, 3.8) is 0 Å². The highest BCUT2D eigenvalue weighted by Gasteiger charge is 2.14. The van der Waals surface area contributed by atoms with Crippen LogP contribution in [0.1, 0.15) is 29.7 Å². The molecular formula is C16H17IN2O2. The van der Waals surface area contributed by atoms with Crippen molar-refractivity contribution in [3.8, 4) is 0 Å². The van der Waals surface area contributed by atoms with Crippen LogP contribution in [0.4, 0.5) is 11.4 Å². The molecule has 0 saturated carbocycles. The summed E-state index contributed by atoms with van der Waals surface area (Å²) in [4.78, 5) is 10.7. The summed E-state index contributed by atoms with van der Waals surface area (Å²) in [5.41, 5.74) is 3.97. The second kappa shape index (κ2) is 6.43. The Morgan fingerprint density at radius 3 is 2.48 bits per heavy atom. The molecule has 0 heterocycles. The van der Waals surface area contributed by atoms with Gasteiger partial charge in [0.05, 0.1) is 4.92 Å². The summed E-state index contributed by atoms with van der Waals surface area (Å²) in [6.45, 7) is 5.81. The van der Waals surface area contributed by atoms with Crippen LogP contribution in [0, 0.1) is 27.5 Å². The van der Waals surface area contributed by atoms with Crippen molar-refractivity contribution >= 4 is 34.0 Å². The Balaban J connectivity index is 2.26. The maximum Gasteiger partial charge on any atom is 0.272 e. The molecule has 0 bridgehead atoms. The average Bonchev–Trinajstić information content (AvgIpc) is 2.42. The van der Waals surface area contributed by atoms with E-state index < -0.39 is 0 Å². The Kier molecular flexibility index (Phi) is 4.82. The number of nitrogens with one attached hydrogen (secondary N) is 1. The fourth-order valence-electron chi connectivity index (χ4n) is 2.20. The Morgan fingerprint density at radius 1 is 1.14 bits per heavy atom. The number of benzene rings is 2. The van der Waals surface area contributed by atoms with Crippen molar-refractivity contribution < 1.29 is 4.92 Å². The quantitative estimate of drug-likeness (QED) is 0.450. The Labute approximate surface area is 137 Å². The summed E-state index contributed by atoms with van der Waals surface area (Å²) in [7, 11) is 0. The van der Waals surface area contributed by atoms with Crippen LogP contribution in [0.5, 0.6) is 0 Å². The van der Waals surface area contributed by atoms with E-state index in [1.54, 1.807) is 19.1 Å². The molecule has 0 radical (unpaired) electrons. The van der Waals surface area contributed by atoms with Gasteiger partial charge in [0.15, 0.2) is 0 Å². The molecule has 2 aromatic carbocycles. The van der Waals surface area contributed by atoms with Gasteiger partial charge in [-0.25, -0.2) is 0 Å². The van der Waals surface area contributed by atoms with E-state index in [1.165, 1.54) is 3.57 Å². The van der Waals surface area contributed by atoms with Crippen molar-refractivity contribution in [2.45, 2.75) is 26.8 Å². The van der Waals surface area contributed by atoms with Crippen molar-refractivity contribution in [1.82, 2.24) is 0 Å². The van der Waals surface area contributed by atoms with Crippen molar-refractivity contribution in [1.29, 1.82) is 0 Å². The number of hydrogen-bond donors (Lipinski definition) is 1. The van der Waals surface area contributed by atoms with E-state index in [4.69, 9.17) is 0 Å². The highest BCUT2D eigenvalue weighted by Crippen LogP contribution is 2.27. The van der Waals surface area contributed by atoms with Crippen LogP contribution in [0.3, 0.4) is 0 Å². The van der Waals surface area contributed by atoms with Crippen LogP contribution in [-0.4, -0.2) is 4.92 Å². The number of halogens is 1. The van der Waals surface area contributed by atoms with Gasteiger partial charge in [-0.15, -0.1) is 0 Å². The molecule has 0 aliphatic heterocycles. The third kappa shape index (κ3) is 3.72. The third-order valence-corrected chi connectivity index (χ3v) is 4.16. The number of nitrogens with zero attached hydrogens (tertiary/aromatic N) is 1. The molecule has 0 aliphatic carbocycles. The Hall–Kier alpha value is -1.63. The fraction of sp³-hybridized carbons (Fsp3) is 0.250. The Morgan fingerprint density at radius 2 is 1.86 bits per heavy atom. The second-order valence-electron chi connectivity index (χ2n) is 5.13. The minimum Gasteiger partial charge on any atom is -0.378 e. The molecule has 0 amide bonds. The topological polar surface area (TPSA) is 55.2 Å². The fourth-order valence-corrected chi connectivity index (χ4v) is 2.84. The lowest BCUT2D eigenvalue weighted by Crippen LogP contribution is -2.08. The van der Waals surface area contributed by atoms with Gasteiger partial charge in [0, 0.05) is 26.9 Å². The number of nitro groups is 1. The van der Waals surface area contributed by atoms with E-state index in [0.717, 1.165) is 16.8 Å². The molecule has 0 aliphatic rings. The smallest absolute Gasteiger partial charge is 0.272 e. The molecule has 0 fully saturated rings. The molecule has 1 N–H and O–H groups in total. The molecule has 5 heteroatoms. The molecule has 2 rings (SSSR count). The number of aryl methyl sites for hydroxylation is 2. The van der Waals surface area contributed by atoms with Gasteiger partial charge in [-0.05, 0) is 72.7 Å². The number of anilines is 1. The zero-order valence-corrected chi connectivity index (χ0v) is 14.3. The van der Waals surface area contributed by atoms with E-state index in [9.17, 15) is 10.1 Å². The van der Waals surface area contributed by atoms with Gasteiger partial charge in [-0.2, -0.15) is 0 Å². The third-order valence-electron chi connectivity index (χ3n) is 3.49. The molecular weight excluding hydrogens is 379 g/mol. The maximum absolute atomic E-state index is 11.0. The molecule has 1 atom stereocenters. The number of hydrogen-bond acceptors (Lipinski definition) is 3. The standard InChI is InChI=1S/C16H17IN2O2/c1-10-4-5-13(9-16(10)19(20)21)12(3)18-15-7-6-14(17)8-11(15)2/h4-9,12,18H,1-3H3. The largest absolute Gasteiger partial charge is 0.378 e. The highest BCUT2D eigenvalue weighted by atomic mass is 127. The molecule has 4 nitrogen and oxygen atoms in total. The first kappa shape index (κ1) is 15.8. The first-order chi connectivity index (χ1) is 9.88. The van der Waals surface area contributed by atoms with Gasteiger partial charge in [-0.3, -0.25) is 10.1 Å². The van der Waals surface area contributed by atoms with Crippen molar-refractivity contribution in [2.24, 2.45) is 0 Å². The van der Waals surface area contributed by atoms with Crippen LogP contribution in [0.2, 0.25) is 0 Å². The molecule has 110 valence electrons. The second-order valence-corrected chi connectivity index (χ2v) is 6.37. The normalized spacial score (nSPS) is 12.0. The predicted octanol–water partition coefficient (Wildman–Crippen LogP) is 4.99. The number of rotatable bonds is 4. The van der Waals surface area contributed by atoms with Gasteiger partial charge in [0.25, 0.3) is 5.69 Å². The van der Waals surface area contributed by atoms with Crippen LogP contribution in [0.25, 0.3) is 0 Å². The summed E-state index contributed by atoms with van der Waals surface area (Å²) in [6, 6.07) is 11.6. The van der Waals surface area contributed by atoms with E-state index in [0.29, 0.717) is 5.56 Å². The van der Waals surface area contributed by atoms with Crippen LogP contribution in [0.15, 0.2) is 36.4 Å².